The molecule has 1 amide bonds. The number of hydrogen-bond donors (Lipinski definition) is 1. The maximum atomic E-state index is 11.4. The number of nitrogens with zero attached hydrogens (tertiary/aromatic N) is 1. The van der Waals surface area contributed by atoms with E-state index < -0.39 is 0 Å². The summed E-state index contributed by atoms with van der Waals surface area (Å²) >= 11 is 0. The Morgan fingerprint density at radius 2 is 2.53 bits per heavy atom. The van der Waals surface area contributed by atoms with Crippen LogP contribution in [0.5, 0.6) is 0 Å². The Balaban J connectivity index is 2.12. The molecule has 0 saturated heterocycles. The molecule has 0 bridgehead atoms. The van der Waals surface area contributed by atoms with Gasteiger partial charge in [0.25, 0.3) is 5.91 Å². The molecular formula is C10H14N2O3. The first kappa shape index (κ1) is 11.5. The number of carbonyl (C=O) groups excluding carboxylic acids is 1. The molecule has 0 aromatic carbocycles. The Morgan fingerprint density at radius 3 is 3.20 bits per heavy atom. The Hall–Kier alpha value is -1.62. The first-order valence-corrected chi connectivity index (χ1v) is 4.65. The normalized spacial score (nSPS) is 18.5. The van der Waals surface area contributed by atoms with Crippen LogP contribution in [0.25, 0.3) is 0 Å². The smallest absolute Gasteiger partial charge is 0.255 e. The Kier molecular flexibility index (Phi) is 5.18. The lowest BCUT2D eigenvalue weighted by Gasteiger charge is -2.10. The number of aliphatic imine (C=N–C) groups is 1. The lowest BCUT2D eigenvalue weighted by molar-refractivity contribution is -0.135. The average Bonchev–Trinajstić information content (AvgIpc) is 2.30. The van der Waals surface area contributed by atoms with E-state index in [1.54, 1.807) is 12.3 Å². The van der Waals surface area contributed by atoms with E-state index in [2.05, 4.69) is 17.1 Å². The van der Waals surface area contributed by atoms with Crippen LogP contribution in [0.4, 0.5) is 0 Å². The summed E-state index contributed by atoms with van der Waals surface area (Å²) in [5.74, 6) is -0.563. The van der Waals surface area contributed by atoms with Crippen LogP contribution in [0.3, 0.4) is 0 Å². The number of nitrogens with one attached hydrogen (secondary N) is 1. The molecular weight excluding hydrogens is 196 g/mol. The van der Waals surface area contributed by atoms with Crippen molar-refractivity contribution in [3.8, 4) is 0 Å². The van der Waals surface area contributed by atoms with E-state index >= 15 is 0 Å². The molecule has 5 nitrogen and oxygen atoms in total. The molecule has 82 valence electrons. The van der Waals surface area contributed by atoms with Gasteiger partial charge in [0.1, 0.15) is 13.2 Å². The van der Waals surface area contributed by atoms with Crippen molar-refractivity contribution in [2.75, 3.05) is 19.8 Å². The van der Waals surface area contributed by atoms with Crippen molar-refractivity contribution in [1.29, 1.82) is 0 Å². The molecule has 0 aromatic rings. The van der Waals surface area contributed by atoms with Crippen LogP contribution < -0.4 is 5.48 Å². The van der Waals surface area contributed by atoms with Gasteiger partial charge in [0.15, 0.2) is 0 Å². The number of rotatable bonds is 6. The molecule has 1 N–H and O–H groups in total. The van der Waals surface area contributed by atoms with E-state index in [0.717, 1.165) is 0 Å². The Labute approximate surface area is 88.4 Å². The number of hydrogen-bond acceptors (Lipinski definition) is 4. The van der Waals surface area contributed by atoms with Gasteiger partial charge in [-0.2, -0.15) is 0 Å². The second-order valence-electron chi connectivity index (χ2n) is 2.82. The van der Waals surface area contributed by atoms with Crippen molar-refractivity contribution in [3.05, 3.63) is 25.0 Å². The molecule has 1 aliphatic rings. The van der Waals surface area contributed by atoms with Gasteiger partial charge in [-0.1, -0.05) is 18.7 Å². The van der Waals surface area contributed by atoms with Crippen molar-refractivity contribution < 1.29 is 14.4 Å². The molecule has 0 radical (unpaired) electrons. The van der Waals surface area contributed by atoms with Crippen molar-refractivity contribution in [1.82, 2.24) is 5.48 Å². The quantitative estimate of drug-likeness (QED) is 0.300. The van der Waals surface area contributed by atoms with Crippen molar-refractivity contribution in [3.63, 3.8) is 0 Å². The zero-order valence-electron chi connectivity index (χ0n) is 8.39. The minimum atomic E-state index is -0.334. The number of ether oxygens (including phenoxy) is 1. The third kappa shape index (κ3) is 4.42. The number of carbonyl (C=O) groups is 1. The van der Waals surface area contributed by atoms with E-state index in [1.807, 2.05) is 6.08 Å². The van der Waals surface area contributed by atoms with Crippen molar-refractivity contribution in [2.24, 2.45) is 10.9 Å². The summed E-state index contributed by atoms with van der Waals surface area (Å²) in [6.07, 6.45) is 6.54. The third-order valence-electron chi connectivity index (χ3n) is 1.72. The molecule has 0 aromatic heterocycles. The van der Waals surface area contributed by atoms with Gasteiger partial charge < -0.3 is 4.74 Å². The van der Waals surface area contributed by atoms with Crippen molar-refractivity contribution >= 4 is 12.1 Å². The topological polar surface area (TPSA) is 59.9 Å². The van der Waals surface area contributed by atoms with Crippen LogP contribution in [0.15, 0.2) is 30.0 Å². The largest absolute Gasteiger partial charge is 0.499 e. The molecule has 0 fully saturated rings. The first-order chi connectivity index (χ1) is 7.34. The molecule has 0 aliphatic carbocycles. The number of hydroxylamine groups is 1. The fourth-order valence-electron chi connectivity index (χ4n) is 1.01. The molecule has 1 unspecified atom stereocenters. The van der Waals surface area contributed by atoms with Crippen LogP contribution >= 0.6 is 0 Å². The van der Waals surface area contributed by atoms with Gasteiger partial charge >= 0.3 is 0 Å². The zero-order valence-corrected chi connectivity index (χ0v) is 8.39. The van der Waals surface area contributed by atoms with Gasteiger partial charge in [-0.25, -0.2) is 5.48 Å². The number of dihydropyridines is 1. The summed E-state index contributed by atoms with van der Waals surface area (Å²) in [5, 5.41) is 0. The predicted octanol–water partition coefficient (Wildman–Crippen LogP) is 0.451. The van der Waals surface area contributed by atoms with Gasteiger partial charge in [-0.15, -0.1) is 0 Å². The van der Waals surface area contributed by atoms with E-state index in [1.165, 1.54) is 6.26 Å². The highest BCUT2D eigenvalue weighted by Crippen LogP contribution is 2.00. The first-order valence-electron chi connectivity index (χ1n) is 4.65. The summed E-state index contributed by atoms with van der Waals surface area (Å²) < 4.78 is 4.81. The van der Waals surface area contributed by atoms with Crippen LogP contribution in [-0.2, 0) is 14.4 Å². The van der Waals surface area contributed by atoms with E-state index in [4.69, 9.17) is 9.57 Å². The standard InChI is InChI=1S/C10H14N2O3/c1-2-14-6-7-15-12-10(13)9-4-3-5-11-8-9/h2-4,8-9H,1,5-7H2,(H,12,13). The lowest BCUT2D eigenvalue weighted by atomic mass is 10.1. The predicted molar refractivity (Wildman–Crippen MR) is 56.2 cm³/mol. The monoisotopic (exact) mass is 210 g/mol. The lowest BCUT2D eigenvalue weighted by Crippen LogP contribution is -2.32. The van der Waals surface area contributed by atoms with Crippen LogP contribution in [-0.4, -0.2) is 31.9 Å². The molecule has 1 aliphatic heterocycles. The van der Waals surface area contributed by atoms with Gasteiger partial charge in [-0.05, 0) is 0 Å². The zero-order chi connectivity index (χ0) is 10.9. The van der Waals surface area contributed by atoms with Gasteiger partial charge in [-0.3, -0.25) is 14.6 Å². The van der Waals surface area contributed by atoms with Gasteiger partial charge in [0.2, 0.25) is 0 Å². The molecule has 5 heteroatoms. The fourth-order valence-corrected chi connectivity index (χ4v) is 1.01. The highest BCUT2D eigenvalue weighted by atomic mass is 16.7. The van der Waals surface area contributed by atoms with Crippen LogP contribution in [0.2, 0.25) is 0 Å². The molecule has 1 atom stereocenters. The average molecular weight is 210 g/mol. The molecule has 0 spiro atoms. The minimum Gasteiger partial charge on any atom is -0.499 e. The maximum absolute atomic E-state index is 11.4. The highest BCUT2D eigenvalue weighted by molar-refractivity contribution is 5.95. The van der Waals surface area contributed by atoms with Crippen molar-refractivity contribution in [2.45, 2.75) is 0 Å². The highest BCUT2D eigenvalue weighted by Gasteiger charge is 2.13. The van der Waals surface area contributed by atoms with E-state index in [9.17, 15) is 4.79 Å². The summed E-state index contributed by atoms with van der Waals surface area (Å²) in [7, 11) is 0. The Bertz CT molecular complexity index is 262. The Morgan fingerprint density at radius 1 is 1.67 bits per heavy atom. The molecule has 15 heavy (non-hydrogen) atoms. The second-order valence-corrected chi connectivity index (χ2v) is 2.82. The molecule has 0 saturated carbocycles. The molecule has 1 heterocycles. The van der Waals surface area contributed by atoms with Crippen LogP contribution in [0, 0.1) is 5.92 Å². The minimum absolute atomic E-state index is 0.228. The van der Waals surface area contributed by atoms with E-state index in [-0.39, 0.29) is 18.4 Å². The molecule has 1 rings (SSSR count). The third-order valence-corrected chi connectivity index (χ3v) is 1.72. The summed E-state index contributed by atoms with van der Waals surface area (Å²) in [4.78, 5) is 20.2. The van der Waals surface area contributed by atoms with E-state index in [0.29, 0.717) is 13.2 Å². The summed E-state index contributed by atoms with van der Waals surface area (Å²) in [6, 6.07) is 0. The fraction of sp³-hybridized carbons (Fsp3) is 0.400. The van der Waals surface area contributed by atoms with Gasteiger partial charge in [0, 0.05) is 6.21 Å². The second kappa shape index (κ2) is 6.78. The summed E-state index contributed by atoms with van der Waals surface area (Å²) in [5.41, 5.74) is 2.32. The van der Waals surface area contributed by atoms with Crippen LogP contribution in [0.1, 0.15) is 0 Å². The maximum Gasteiger partial charge on any atom is 0.255 e. The summed E-state index contributed by atoms with van der Waals surface area (Å²) in [6.45, 7) is 4.65. The van der Waals surface area contributed by atoms with Gasteiger partial charge in [0.05, 0.1) is 18.7 Å². The number of amides is 1. The SMILES string of the molecule is C=COCCONC(=O)C1C=CCN=C1.